The van der Waals surface area contributed by atoms with E-state index in [4.69, 9.17) is 9.47 Å². The number of pyridine rings is 2. The predicted molar refractivity (Wildman–Crippen MR) is 281 cm³/mol. The first-order chi connectivity index (χ1) is 35.6. The van der Waals surface area contributed by atoms with E-state index in [0.29, 0.717) is 47.7 Å². The van der Waals surface area contributed by atoms with E-state index in [1.165, 1.54) is 24.3 Å². The summed E-state index contributed by atoms with van der Waals surface area (Å²) >= 11 is 0. The Kier molecular flexibility index (Phi) is 20.1. The average Bonchev–Trinajstić information content (AvgIpc) is 3.36. The van der Waals surface area contributed by atoms with Crippen molar-refractivity contribution >= 4 is 45.8 Å². The number of amides is 1. The summed E-state index contributed by atoms with van der Waals surface area (Å²) in [5, 5.41) is 42.2. The van der Waals surface area contributed by atoms with Gasteiger partial charge in [0, 0.05) is 30.8 Å². The molecule has 2 aliphatic carbocycles. The smallest absolute Gasteiger partial charge is 0.457 e. The molecular formula is C54H62B2N4O12S2. The van der Waals surface area contributed by atoms with Gasteiger partial charge in [0.15, 0.2) is 15.6 Å². The Labute approximate surface area is 433 Å². The zero-order valence-electron chi connectivity index (χ0n) is 40.9. The quantitative estimate of drug-likeness (QED) is 0.0318. The molecule has 2 aromatic heterocycles. The van der Waals surface area contributed by atoms with Crippen molar-refractivity contribution in [3.8, 4) is 23.0 Å². The van der Waals surface area contributed by atoms with Crippen LogP contribution in [0.5, 0.6) is 23.0 Å². The lowest BCUT2D eigenvalue weighted by Crippen LogP contribution is -2.50. The van der Waals surface area contributed by atoms with Crippen molar-refractivity contribution < 1.29 is 56.0 Å². The third kappa shape index (κ3) is 16.9. The van der Waals surface area contributed by atoms with Crippen LogP contribution in [0, 0.1) is 17.8 Å². The Morgan fingerprint density at radius 2 is 1.14 bits per heavy atom. The van der Waals surface area contributed by atoms with E-state index in [1.54, 1.807) is 73.3 Å². The Morgan fingerprint density at radius 3 is 1.66 bits per heavy atom. The molecule has 4 aromatic carbocycles. The second kappa shape index (κ2) is 26.8. The van der Waals surface area contributed by atoms with Crippen molar-refractivity contribution in [3.63, 3.8) is 0 Å². The lowest BCUT2D eigenvalue weighted by molar-refractivity contribution is -0.125. The number of sulfonamides is 1. The summed E-state index contributed by atoms with van der Waals surface area (Å²) in [5.41, 5.74) is 1.61. The van der Waals surface area contributed by atoms with Gasteiger partial charge in [0.1, 0.15) is 23.0 Å². The van der Waals surface area contributed by atoms with Crippen LogP contribution < -0.4 is 19.5 Å². The molecule has 2 fully saturated rings. The number of nitrogens with zero attached hydrogens (tertiary/aromatic N) is 2. The molecule has 74 heavy (non-hydrogen) atoms. The summed E-state index contributed by atoms with van der Waals surface area (Å²) in [6.07, 6.45) is 13.8. The van der Waals surface area contributed by atoms with Crippen LogP contribution in [0.25, 0.3) is 0 Å². The molecule has 2 heterocycles. The number of rotatable bonds is 25. The van der Waals surface area contributed by atoms with Gasteiger partial charge >= 0.3 is 14.2 Å². The Morgan fingerprint density at radius 1 is 0.595 bits per heavy atom. The highest BCUT2D eigenvalue weighted by molar-refractivity contribution is 7.91. The van der Waals surface area contributed by atoms with Gasteiger partial charge < -0.3 is 34.9 Å². The number of nitrogens with one attached hydrogen (secondary N) is 2. The van der Waals surface area contributed by atoms with E-state index in [0.717, 1.165) is 49.7 Å². The molecule has 4 atom stereocenters. The number of ether oxygens (including phenoxy) is 2. The van der Waals surface area contributed by atoms with E-state index in [-0.39, 0.29) is 34.8 Å². The van der Waals surface area contributed by atoms with E-state index < -0.39 is 69.5 Å². The number of hydrogen-bond acceptors (Lipinski definition) is 14. The van der Waals surface area contributed by atoms with Crippen LogP contribution in [0.3, 0.4) is 0 Å². The van der Waals surface area contributed by atoms with E-state index in [1.807, 2.05) is 60.7 Å². The van der Waals surface area contributed by atoms with Gasteiger partial charge in [-0.25, -0.2) is 21.6 Å². The fourth-order valence-corrected chi connectivity index (χ4v) is 11.6. The van der Waals surface area contributed by atoms with Crippen molar-refractivity contribution in [2.45, 2.75) is 98.2 Å². The zero-order valence-corrected chi connectivity index (χ0v) is 42.5. The van der Waals surface area contributed by atoms with Crippen molar-refractivity contribution in [1.29, 1.82) is 0 Å². The Balaban J connectivity index is 0.000000216. The molecule has 0 radical (unpaired) electrons. The summed E-state index contributed by atoms with van der Waals surface area (Å²) in [7, 11) is -11.2. The molecule has 2 saturated carbocycles. The SMILES string of the molecule is O=C(C[C@@H](CC1CCC1)B(O)O)[C@H](Cc1ccccc1)NS(=O)(=O)c1ccc(Oc2ccncc2)cc1.O=C(N[C@@H](CC1CCC1)B(O)O)[C@H](Cc1ccccc1)CS(=O)(=O)c1ccc(Oc2cccnc2)cc1. The first-order valence-corrected chi connectivity index (χ1v) is 28.0. The number of carbonyl (C=O) groups is 2. The van der Waals surface area contributed by atoms with Crippen molar-refractivity contribution in [2.75, 3.05) is 5.75 Å². The van der Waals surface area contributed by atoms with Gasteiger partial charge in [0.2, 0.25) is 15.9 Å². The predicted octanol–water partition coefficient (Wildman–Crippen LogP) is 6.95. The minimum Gasteiger partial charge on any atom is -0.457 e. The van der Waals surface area contributed by atoms with Gasteiger partial charge in [-0.1, -0.05) is 99.2 Å². The van der Waals surface area contributed by atoms with Gasteiger partial charge in [0.05, 0.1) is 39.6 Å². The third-order valence-electron chi connectivity index (χ3n) is 13.4. The van der Waals surface area contributed by atoms with Gasteiger partial charge in [-0.3, -0.25) is 19.6 Å². The minimum atomic E-state index is -4.05. The lowest BCUT2D eigenvalue weighted by Gasteiger charge is -2.30. The summed E-state index contributed by atoms with van der Waals surface area (Å²) in [4.78, 5) is 34.6. The maximum Gasteiger partial charge on any atom is 0.475 e. The first-order valence-electron chi connectivity index (χ1n) is 24.8. The van der Waals surface area contributed by atoms with Gasteiger partial charge in [-0.05, 0) is 121 Å². The summed E-state index contributed by atoms with van der Waals surface area (Å²) in [6, 6.07) is 36.1. The monoisotopic (exact) mass is 1040 g/mol. The van der Waals surface area contributed by atoms with Crippen molar-refractivity contribution in [3.05, 3.63) is 169 Å². The van der Waals surface area contributed by atoms with Crippen LogP contribution in [0.4, 0.5) is 0 Å². The van der Waals surface area contributed by atoms with Crippen LogP contribution in [0.15, 0.2) is 168 Å². The number of sulfone groups is 1. The molecule has 388 valence electrons. The molecule has 0 aliphatic heterocycles. The summed E-state index contributed by atoms with van der Waals surface area (Å²) in [5.74, 6) is -0.987. The fourth-order valence-electron chi connectivity index (χ4n) is 8.81. The maximum absolute atomic E-state index is 13.3. The van der Waals surface area contributed by atoms with Crippen molar-refractivity contribution in [1.82, 2.24) is 20.0 Å². The standard InChI is InChI=1S/2C27H31BN2O6S/c31-27(30-26(28(32)33)17-21-8-4-9-21)22(16-20-6-2-1-3-7-20)19-37(34,35)25-13-11-23(12-14-25)36-24-10-5-15-29-18-24;31-27(19-22(28(32)33)17-20-7-4-8-20)26(18-21-5-2-1-3-6-21)30-37(34,35)25-11-9-23(10-12-25)36-24-13-15-29-16-14-24/h1-3,5-7,10-15,18,21-22,26,32-33H,4,8-9,16-17,19H2,(H,30,31);1-3,5-6,9-16,20,22,26,30,32-33H,4,7-8,17-19H2/t2*22-,26+/m11/s1. The molecule has 20 heteroatoms. The van der Waals surface area contributed by atoms with Crippen molar-refractivity contribution in [2.24, 2.45) is 17.8 Å². The highest BCUT2D eigenvalue weighted by Crippen LogP contribution is 2.37. The topological polar surface area (TPSA) is 252 Å². The maximum atomic E-state index is 13.3. The van der Waals surface area contributed by atoms with Gasteiger partial charge in [-0.15, -0.1) is 0 Å². The highest BCUT2D eigenvalue weighted by atomic mass is 32.2. The molecule has 0 spiro atoms. The minimum absolute atomic E-state index is 0.00588. The molecule has 0 bridgehead atoms. The lowest BCUT2D eigenvalue weighted by atomic mass is 9.63. The van der Waals surface area contributed by atoms with E-state index >= 15 is 0 Å². The number of hydrogen-bond donors (Lipinski definition) is 6. The highest BCUT2D eigenvalue weighted by Gasteiger charge is 2.36. The largest absolute Gasteiger partial charge is 0.475 e. The molecule has 6 N–H and O–H groups in total. The number of benzene rings is 4. The van der Waals surface area contributed by atoms with Crippen LogP contribution in [-0.4, -0.2) is 90.6 Å². The fraction of sp³-hybridized carbons (Fsp3) is 0.333. The second-order valence-electron chi connectivity index (χ2n) is 19.0. The van der Waals surface area contributed by atoms with Crippen LogP contribution in [-0.2, 0) is 42.3 Å². The van der Waals surface area contributed by atoms with E-state index in [9.17, 15) is 46.5 Å². The van der Waals surface area contributed by atoms with Gasteiger partial charge in [0.25, 0.3) is 0 Å². The third-order valence-corrected chi connectivity index (χ3v) is 16.7. The molecule has 2 aliphatic rings. The molecule has 1 amide bonds. The van der Waals surface area contributed by atoms with E-state index in [2.05, 4.69) is 20.0 Å². The number of aromatic nitrogens is 2. The Bertz CT molecular complexity index is 2710. The Hall–Kier alpha value is -6.25. The number of ketones is 1. The number of carbonyl (C=O) groups excluding carboxylic acids is 2. The summed E-state index contributed by atoms with van der Waals surface area (Å²) < 4.78 is 67.1. The molecule has 8 rings (SSSR count). The molecular weight excluding hydrogens is 982 g/mol. The first kappa shape index (κ1) is 55.5. The normalized spacial score (nSPS) is 15.4. The van der Waals surface area contributed by atoms with Crippen LogP contribution in [0.1, 0.15) is 68.9 Å². The molecule has 0 saturated heterocycles. The number of Topliss-reactive ketones (excluding diaryl/α,β-unsaturated/α-hetero) is 1. The van der Waals surface area contributed by atoms with Crippen LogP contribution >= 0.6 is 0 Å². The summed E-state index contributed by atoms with van der Waals surface area (Å²) in [6.45, 7) is 0. The molecule has 16 nitrogen and oxygen atoms in total. The van der Waals surface area contributed by atoms with Crippen LogP contribution in [0.2, 0.25) is 5.82 Å². The van der Waals surface area contributed by atoms with Gasteiger partial charge in [-0.2, -0.15) is 0 Å². The second-order valence-corrected chi connectivity index (χ2v) is 22.7. The average molecular weight is 1040 g/mol. The zero-order chi connectivity index (χ0) is 52.5. The molecule has 0 unspecified atom stereocenters. The molecule has 6 aromatic rings.